The molecule has 16 heavy (non-hydrogen) atoms. The van der Waals surface area contributed by atoms with Gasteiger partial charge in [-0.2, -0.15) is 13.9 Å². The number of unbranched alkanes of at least 4 members (excludes halogenated alkanes) is 2. The molecule has 94 valence electrons. The molecule has 0 aliphatic rings. The summed E-state index contributed by atoms with van der Waals surface area (Å²) in [4.78, 5) is 0. The molecule has 6 heteroatoms. The second-order valence-electron chi connectivity index (χ2n) is 3.45. The Labute approximate surface area is 101 Å². The van der Waals surface area contributed by atoms with Gasteiger partial charge in [-0.05, 0) is 19.0 Å². The maximum atomic E-state index is 12.1. The highest BCUT2D eigenvalue weighted by molar-refractivity contribution is 5.85. The molecule has 0 radical (unpaired) electrons. The Morgan fingerprint density at radius 1 is 1.44 bits per heavy atom. The highest BCUT2D eigenvalue weighted by atomic mass is 35.5. The number of halogens is 3. The van der Waals surface area contributed by atoms with Gasteiger partial charge in [0.1, 0.15) is 0 Å². The number of aromatic nitrogens is 2. The molecule has 3 nitrogen and oxygen atoms in total. The Hall–Kier alpha value is -0.680. The number of rotatable bonds is 7. The largest absolute Gasteiger partial charge is 0.333 e. The van der Waals surface area contributed by atoms with Crippen LogP contribution in [-0.4, -0.2) is 16.3 Å². The molecule has 0 saturated heterocycles. The second-order valence-corrected chi connectivity index (χ2v) is 3.45. The van der Waals surface area contributed by atoms with Crippen molar-refractivity contribution in [2.24, 2.45) is 0 Å². The summed E-state index contributed by atoms with van der Waals surface area (Å²) in [6.07, 6.45) is 4.79. The van der Waals surface area contributed by atoms with Crippen molar-refractivity contribution in [2.75, 3.05) is 6.54 Å². The summed E-state index contributed by atoms with van der Waals surface area (Å²) < 4.78 is 25.0. The van der Waals surface area contributed by atoms with Crippen LogP contribution in [0.3, 0.4) is 0 Å². The van der Waals surface area contributed by atoms with Crippen LogP contribution >= 0.6 is 12.4 Å². The molecule has 0 aromatic carbocycles. The molecule has 1 heterocycles. The molecule has 1 rings (SSSR count). The third kappa shape index (κ3) is 5.42. The minimum Gasteiger partial charge on any atom is -0.311 e. The van der Waals surface area contributed by atoms with Gasteiger partial charge in [-0.1, -0.05) is 19.8 Å². The van der Waals surface area contributed by atoms with Gasteiger partial charge in [-0.15, -0.1) is 12.4 Å². The van der Waals surface area contributed by atoms with Crippen molar-refractivity contribution in [3.05, 3.63) is 18.0 Å². The van der Waals surface area contributed by atoms with Gasteiger partial charge in [-0.25, -0.2) is 4.68 Å². The smallest absolute Gasteiger partial charge is 0.311 e. The van der Waals surface area contributed by atoms with E-state index in [1.54, 1.807) is 6.07 Å². The summed E-state index contributed by atoms with van der Waals surface area (Å²) in [7, 11) is 0. The average Bonchev–Trinajstić information content (AvgIpc) is 2.66. The average molecular weight is 254 g/mol. The van der Waals surface area contributed by atoms with Crippen LogP contribution in [0.5, 0.6) is 0 Å². The molecule has 0 aliphatic heterocycles. The van der Waals surface area contributed by atoms with E-state index in [1.807, 2.05) is 0 Å². The number of hydrogen-bond acceptors (Lipinski definition) is 2. The van der Waals surface area contributed by atoms with E-state index in [-0.39, 0.29) is 12.4 Å². The minimum atomic E-state index is -2.54. The summed E-state index contributed by atoms with van der Waals surface area (Å²) in [5, 5.41) is 6.90. The molecule has 0 unspecified atom stereocenters. The van der Waals surface area contributed by atoms with Gasteiger partial charge < -0.3 is 5.32 Å². The molecule has 0 fully saturated rings. The monoisotopic (exact) mass is 253 g/mol. The normalized spacial score (nSPS) is 10.5. The van der Waals surface area contributed by atoms with E-state index in [2.05, 4.69) is 17.3 Å². The van der Waals surface area contributed by atoms with Crippen LogP contribution in [-0.2, 0) is 6.54 Å². The summed E-state index contributed by atoms with van der Waals surface area (Å²) >= 11 is 0. The minimum absolute atomic E-state index is 0. The molecule has 0 bridgehead atoms. The van der Waals surface area contributed by atoms with Gasteiger partial charge in [0.25, 0.3) is 0 Å². The van der Waals surface area contributed by atoms with Crippen LogP contribution in [0.1, 0.15) is 38.4 Å². The van der Waals surface area contributed by atoms with Crippen molar-refractivity contribution in [2.45, 2.75) is 39.3 Å². The topological polar surface area (TPSA) is 29.9 Å². The van der Waals surface area contributed by atoms with E-state index < -0.39 is 6.55 Å². The third-order valence-electron chi connectivity index (χ3n) is 2.13. The van der Waals surface area contributed by atoms with Gasteiger partial charge in [0.05, 0.1) is 5.69 Å². The van der Waals surface area contributed by atoms with Crippen molar-refractivity contribution >= 4 is 12.4 Å². The fourth-order valence-electron chi connectivity index (χ4n) is 1.30. The standard InChI is InChI=1S/C10H17F2N3.ClH/c1-2-3-4-6-13-8-9-5-7-15(14-9)10(11)12;/h5,7,10,13H,2-4,6,8H2,1H3;1H. The Morgan fingerprint density at radius 2 is 2.19 bits per heavy atom. The highest BCUT2D eigenvalue weighted by Gasteiger charge is 2.06. The molecular formula is C10H18ClF2N3. The van der Waals surface area contributed by atoms with Crippen molar-refractivity contribution in [1.82, 2.24) is 15.1 Å². The Morgan fingerprint density at radius 3 is 2.75 bits per heavy atom. The zero-order valence-electron chi connectivity index (χ0n) is 9.33. The predicted molar refractivity (Wildman–Crippen MR) is 62.0 cm³/mol. The van der Waals surface area contributed by atoms with Crippen molar-refractivity contribution < 1.29 is 8.78 Å². The number of alkyl halides is 2. The molecule has 0 atom stereocenters. The lowest BCUT2D eigenvalue weighted by Crippen LogP contribution is -2.15. The van der Waals surface area contributed by atoms with Gasteiger partial charge in [0.2, 0.25) is 0 Å². The van der Waals surface area contributed by atoms with Crippen LogP contribution in [0.15, 0.2) is 12.3 Å². The quantitative estimate of drug-likeness (QED) is 0.757. The predicted octanol–water partition coefficient (Wildman–Crippen LogP) is 2.98. The van der Waals surface area contributed by atoms with E-state index in [0.29, 0.717) is 16.9 Å². The third-order valence-corrected chi connectivity index (χ3v) is 2.13. The van der Waals surface area contributed by atoms with Gasteiger partial charge >= 0.3 is 6.55 Å². The van der Waals surface area contributed by atoms with Crippen LogP contribution in [0.2, 0.25) is 0 Å². The van der Waals surface area contributed by atoms with Crippen molar-refractivity contribution in [1.29, 1.82) is 0 Å². The molecule has 1 aromatic heterocycles. The second kappa shape index (κ2) is 8.47. The molecule has 1 aromatic rings. The van der Waals surface area contributed by atoms with E-state index >= 15 is 0 Å². The summed E-state index contributed by atoms with van der Waals surface area (Å²) in [6.45, 7) is 1.07. The van der Waals surface area contributed by atoms with E-state index in [9.17, 15) is 8.78 Å². The Bertz CT molecular complexity index is 279. The van der Waals surface area contributed by atoms with Gasteiger partial charge in [0, 0.05) is 12.7 Å². The summed E-state index contributed by atoms with van der Waals surface area (Å²) in [5.74, 6) is 0. The lowest BCUT2D eigenvalue weighted by molar-refractivity contribution is 0.0561. The zero-order valence-corrected chi connectivity index (χ0v) is 10.1. The first-order valence-electron chi connectivity index (χ1n) is 5.27. The first-order valence-corrected chi connectivity index (χ1v) is 5.27. The van der Waals surface area contributed by atoms with Crippen LogP contribution in [0.4, 0.5) is 8.78 Å². The number of nitrogens with zero attached hydrogens (tertiary/aromatic N) is 2. The SMILES string of the molecule is CCCCCNCc1ccn(C(F)F)n1.Cl. The van der Waals surface area contributed by atoms with Crippen molar-refractivity contribution in [3.63, 3.8) is 0 Å². The molecule has 0 amide bonds. The fourth-order valence-corrected chi connectivity index (χ4v) is 1.30. The maximum absolute atomic E-state index is 12.1. The lowest BCUT2D eigenvalue weighted by atomic mass is 10.2. The molecule has 0 saturated carbocycles. The summed E-state index contributed by atoms with van der Waals surface area (Å²) in [5.41, 5.74) is 0.659. The Kier molecular flexibility index (Phi) is 8.11. The highest BCUT2D eigenvalue weighted by Crippen LogP contribution is 2.08. The van der Waals surface area contributed by atoms with Crippen LogP contribution in [0.25, 0.3) is 0 Å². The lowest BCUT2D eigenvalue weighted by Gasteiger charge is -2.01. The van der Waals surface area contributed by atoms with Gasteiger partial charge in [-0.3, -0.25) is 0 Å². The molecule has 0 spiro atoms. The molecular weight excluding hydrogens is 236 g/mol. The van der Waals surface area contributed by atoms with E-state index in [0.717, 1.165) is 13.0 Å². The fraction of sp³-hybridized carbons (Fsp3) is 0.700. The van der Waals surface area contributed by atoms with E-state index in [1.165, 1.54) is 19.0 Å². The van der Waals surface area contributed by atoms with Gasteiger partial charge in [0.15, 0.2) is 0 Å². The van der Waals surface area contributed by atoms with Crippen LogP contribution in [0, 0.1) is 0 Å². The first-order chi connectivity index (χ1) is 7.24. The number of hydrogen-bond donors (Lipinski definition) is 1. The number of nitrogens with one attached hydrogen (secondary N) is 1. The molecule has 1 N–H and O–H groups in total. The van der Waals surface area contributed by atoms with E-state index in [4.69, 9.17) is 0 Å². The zero-order chi connectivity index (χ0) is 11.1. The Balaban J connectivity index is 0.00000225. The molecule has 0 aliphatic carbocycles. The maximum Gasteiger partial charge on any atom is 0.333 e. The van der Waals surface area contributed by atoms with Crippen LogP contribution < -0.4 is 5.32 Å². The van der Waals surface area contributed by atoms with Crippen molar-refractivity contribution in [3.8, 4) is 0 Å². The first kappa shape index (κ1) is 15.3. The summed E-state index contributed by atoms with van der Waals surface area (Å²) in [6, 6.07) is 1.61.